The topological polar surface area (TPSA) is 103 Å². The second-order valence-electron chi connectivity index (χ2n) is 6.75. The number of ether oxygens (including phenoxy) is 2. The highest BCUT2D eigenvalue weighted by molar-refractivity contribution is 8.13. The second kappa shape index (κ2) is 10.7. The molecule has 1 aromatic rings. The zero-order chi connectivity index (χ0) is 24.1. The van der Waals surface area contributed by atoms with Crippen molar-refractivity contribution in [2.45, 2.75) is 25.9 Å². The molecule has 0 saturated heterocycles. The summed E-state index contributed by atoms with van der Waals surface area (Å²) in [5, 5.41) is 0.205. The number of hydrogen-bond acceptors (Lipinski definition) is 7. The van der Waals surface area contributed by atoms with Crippen molar-refractivity contribution in [2.75, 3.05) is 26.5 Å². The maximum absolute atomic E-state index is 13.9. The molecule has 0 saturated carbocycles. The second-order valence-corrected chi connectivity index (χ2v) is 7.74. The summed E-state index contributed by atoms with van der Waals surface area (Å²) in [6.45, 7) is 3.07. The van der Waals surface area contributed by atoms with E-state index in [4.69, 9.17) is 15.2 Å². The van der Waals surface area contributed by atoms with Crippen LogP contribution in [0.25, 0.3) is 0 Å². The number of esters is 2. The van der Waals surface area contributed by atoms with Gasteiger partial charge in [-0.3, -0.25) is 14.8 Å². The molecule has 2 rings (SSSR count). The number of methoxy groups -OCH3 is 1. The molecule has 0 aromatic heterocycles. The molecule has 0 aliphatic carbocycles. The van der Waals surface area contributed by atoms with Gasteiger partial charge in [0.25, 0.3) is 0 Å². The summed E-state index contributed by atoms with van der Waals surface area (Å²) in [6.07, 6.45) is -4.71. The third-order valence-corrected chi connectivity index (χ3v) is 5.74. The van der Waals surface area contributed by atoms with Crippen LogP contribution in [0.3, 0.4) is 0 Å². The molecule has 7 nitrogen and oxygen atoms in total. The first-order valence-electron chi connectivity index (χ1n) is 9.61. The number of aliphatic imine (C=N–C) groups is 2. The SMILES string of the molecule is CCOC(=O)C1=C(CSC(N)=NC)N=C(C)C(C(=O)OC)C1c1ccccc1C(F)(F)F. The van der Waals surface area contributed by atoms with Gasteiger partial charge in [-0.05, 0) is 25.5 Å². The number of carbonyl (C=O) groups is 2. The van der Waals surface area contributed by atoms with E-state index in [-0.39, 0.29) is 40.1 Å². The Kier molecular flexibility index (Phi) is 8.48. The summed E-state index contributed by atoms with van der Waals surface area (Å²) in [5.74, 6) is -4.17. The molecule has 1 aromatic carbocycles. The van der Waals surface area contributed by atoms with E-state index in [2.05, 4.69) is 9.98 Å². The van der Waals surface area contributed by atoms with E-state index in [0.717, 1.165) is 24.9 Å². The lowest BCUT2D eigenvalue weighted by atomic mass is 9.74. The molecule has 11 heteroatoms. The van der Waals surface area contributed by atoms with Crippen LogP contribution >= 0.6 is 11.8 Å². The summed E-state index contributed by atoms with van der Waals surface area (Å²) >= 11 is 1.06. The molecule has 1 heterocycles. The van der Waals surface area contributed by atoms with E-state index in [1.54, 1.807) is 6.92 Å². The predicted molar refractivity (Wildman–Crippen MR) is 116 cm³/mol. The lowest BCUT2D eigenvalue weighted by Gasteiger charge is -2.33. The van der Waals surface area contributed by atoms with E-state index in [0.29, 0.717) is 0 Å². The molecule has 174 valence electrons. The van der Waals surface area contributed by atoms with Crippen LogP contribution in [0.15, 0.2) is 45.5 Å². The quantitative estimate of drug-likeness (QED) is 0.387. The molecule has 0 bridgehead atoms. The number of rotatable bonds is 6. The molecule has 2 atom stereocenters. The van der Waals surface area contributed by atoms with Crippen LogP contribution in [-0.2, 0) is 25.2 Å². The number of hydrogen-bond donors (Lipinski definition) is 1. The molecule has 0 radical (unpaired) electrons. The first-order chi connectivity index (χ1) is 15.1. The average molecular weight is 472 g/mol. The summed E-state index contributed by atoms with van der Waals surface area (Å²) < 4.78 is 51.6. The maximum atomic E-state index is 13.9. The van der Waals surface area contributed by atoms with Crippen LogP contribution in [0.4, 0.5) is 13.2 Å². The fourth-order valence-electron chi connectivity index (χ4n) is 3.50. The average Bonchev–Trinajstić information content (AvgIpc) is 2.75. The zero-order valence-corrected chi connectivity index (χ0v) is 18.8. The van der Waals surface area contributed by atoms with Crippen molar-refractivity contribution >= 4 is 34.6 Å². The fourth-order valence-corrected chi connectivity index (χ4v) is 4.13. The Balaban J connectivity index is 2.83. The summed E-state index contributed by atoms with van der Waals surface area (Å²) in [4.78, 5) is 33.8. The van der Waals surface area contributed by atoms with Crippen molar-refractivity contribution < 1.29 is 32.2 Å². The van der Waals surface area contributed by atoms with Crippen LogP contribution in [0, 0.1) is 5.92 Å². The number of amidine groups is 1. The lowest BCUT2D eigenvalue weighted by Crippen LogP contribution is -2.37. The van der Waals surface area contributed by atoms with Gasteiger partial charge in [0.1, 0.15) is 5.92 Å². The maximum Gasteiger partial charge on any atom is 0.416 e. The summed E-state index contributed by atoms with van der Waals surface area (Å²) in [7, 11) is 2.61. The first-order valence-corrected chi connectivity index (χ1v) is 10.6. The summed E-state index contributed by atoms with van der Waals surface area (Å²) in [6, 6.07) is 4.81. The zero-order valence-electron chi connectivity index (χ0n) is 18.0. The Morgan fingerprint density at radius 1 is 1.28 bits per heavy atom. The van der Waals surface area contributed by atoms with Gasteiger partial charge in [-0.25, -0.2) is 4.79 Å². The highest BCUT2D eigenvalue weighted by Gasteiger charge is 2.46. The Labute approximate surface area is 188 Å². The Morgan fingerprint density at radius 2 is 1.94 bits per heavy atom. The van der Waals surface area contributed by atoms with Crippen molar-refractivity contribution in [1.29, 1.82) is 0 Å². The number of nitrogens with two attached hydrogens (primary N) is 1. The summed E-state index contributed by atoms with van der Waals surface area (Å²) in [5.41, 5.74) is 4.77. The smallest absolute Gasteiger partial charge is 0.416 e. The standard InChI is InChI=1S/C21H24F3N3O4S/c1-5-31-19(29)17-14(10-32-20(25)26-3)27-11(2)15(18(28)30-4)16(17)12-8-6-7-9-13(12)21(22,23)24/h6-9,15-16H,5,10H2,1-4H3,(H2,25,26). The number of nitrogens with zero attached hydrogens (tertiary/aromatic N) is 2. The molecular formula is C21H24F3N3O4S. The fraction of sp³-hybridized carbons (Fsp3) is 0.429. The minimum absolute atomic E-state index is 0.0134. The molecule has 2 unspecified atom stereocenters. The van der Waals surface area contributed by atoms with Crippen LogP contribution < -0.4 is 5.73 Å². The third kappa shape index (κ3) is 5.50. The first kappa shape index (κ1) is 25.4. The normalized spacial score (nSPS) is 19.5. The van der Waals surface area contributed by atoms with Gasteiger partial charge in [0.2, 0.25) is 0 Å². The molecule has 0 spiro atoms. The van der Waals surface area contributed by atoms with Crippen LogP contribution in [0.2, 0.25) is 0 Å². The van der Waals surface area contributed by atoms with Crippen LogP contribution in [0.1, 0.15) is 30.9 Å². The van der Waals surface area contributed by atoms with E-state index in [9.17, 15) is 22.8 Å². The molecule has 32 heavy (non-hydrogen) atoms. The molecule has 0 amide bonds. The van der Waals surface area contributed by atoms with Crippen LogP contribution in [-0.4, -0.2) is 49.3 Å². The van der Waals surface area contributed by atoms with Gasteiger partial charge in [0.15, 0.2) is 5.17 Å². The van der Waals surface area contributed by atoms with Gasteiger partial charge in [0, 0.05) is 24.4 Å². The number of alkyl halides is 3. The van der Waals surface area contributed by atoms with Gasteiger partial charge in [-0.15, -0.1) is 0 Å². The number of halogens is 3. The highest BCUT2D eigenvalue weighted by atomic mass is 32.2. The van der Waals surface area contributed by atoms with Gasteiger partial charge in [-0.2, -0.15) is 13.2 Å². The highest BCUT2D eigenvalue weighted by Crippen LogP contribution is 2.45. The molecule has 2 N–H and O–H groups in total. The van der Waals surface area contributed by atoms with Crippen molar-refractivity contribution in [2.24, 2.45) is 21.6 Å². The molecule has 1 aliphatic rings. The van der Waals surface area contributed by atoms with Crippen LogP contribution in [0.5, 0.6) is 0 Å². The van der Waals surface area contributed by atoms with E-state index < -0.39 is 35.5 Å². The molecule has 0 fully saturated rings. The molecule has 1 aliphatic heterocycles. The Morgan fingerprint density at radius 3 is 2.50 bits per heavy atom. The van der Waals surface area contributed by atoms with E-state index in [1.807, 2.05) is 0 Å². The largest absolute Gasteiger partial charge is 0.468 e. The van der Waals surface area contributed by atoms with E-state index >= 15 is 0 Å². The number of thioether (sulfide) groups is 1. The number of benzene rings is 1. The minimum atomic E-state index is -4.71. The third-order valence-electron chi connectivity index (χ3n) is 4.85. The Bertz CT molecular complexity index is 973. The number of carbonyl (C=O) groups excluding carboxylic acids is 2. The van der Waals surface area contributed by atoms with Gasteiger partial charge in [0.05, 0.1) is 30.6 Å². The van der Waals surface area contributed by atoms with Gasteiger partial charge in [-0.1, -0.05) is 30.0 Å². The monoisotopic (exact) mass is 471 g/mol. The van der Waals surface area contributed by atoms with Crippen molar-refractivity contribution in [3.05, 3.63) is 46.7 Å². The van der Waals surface area contributed by atoms with Crippen molar-refractivity contribution in [3.8, 4) is 0 Å². The lowest BCUT2D eigenvalue weighted by molar-refractivity contribution is -0.145. The Hall–Kier alpha value is -2.82. The van der Waals surface area contributed by atoms with Crippen molar-refractivity contribution in [3.63, 3.8) is 0 Å². The van der Waals surface area contributed by atoms with Gasteiger partial charge >= 0.3 is 18.1 Å². The molecular weight excluding hydrogens is 447 g/mol. The van der Waals surface area contributed by atoms with Crippen molar-refractivity contribution in [1.82, 2.24) is 0 Å². The predicted octanol–water partition coefficient (Wildman–Crippen LogP) is 3.55. The minimum Gasteiger partial charge on any atom is -0.468 e. The van der Waals surface area contributed by atoms with Gasteiger partial charge < -0.3 is 15.2 Å². The van der Waals surface area contributed by atoms with E-state index in [1.165, 1.54) is 32.2 Å².